The third-order valence-electron chi connectivity index (χ3n) is 7.82. The fraction of sp³-hybridized carbons (Fsp3) is 0.276. The van der Waals surface area contributed by atoms with Crippen LogP contribution >= 0.6 is 0 Å². The van der Waals surface area contributed by atoms with E-state index in [1.54, 1.807) is 0 Å². The van der Waals surface area contributed by atoms with Gasteiger partial charge < -0.3 is 5.32 Å². The minimum Gasteiger partial charge on any atom is -0.324 e. The van der Waals surface area contributed by atoms with Crippen LogP contribution in [0.15, 0.2) is 78.9 Å². The van der Waals surface area contributed by atoms with E-state index in [1.807, 2.05) is 85.8 Å². The number of carbonyl (C=O) groups excluding carboxylic acids is 3. The number of anilines is 1. The van der Waals surface area contributed by atoms with Crippen LogP contribution in [-0.2, 0) is 32.8 Å². The SMILES string of the molecule is Cc1cccc2c1NC(=O)[C@@]21N[C@H](Cc2ccccc2)[C@H]2C(=O)N(CCc3ccccc3)C(=O)[C@@H]21. The Balaban J connectivity index is 1.41. The Morgan fingerprint density at radius 3 is 2.23 bits per heavy atom. The summed E-state index contributed by atoms with van der Waals surface area (Å²) in [5.41, 5.74) is 3.33. The molecule has 176 valence electrons. The van der Waals surface area contributed by atoms with Gasteiger partial charge in [-0.2, -0.15) is 0 Å². The van der Waals surface area contributed by atoms with Gasteiger partial charge in [-0.25, -0.2) is 0 Å². The van der Waals surface area contributed by atoms with Gasteiger partial charge >= 0.3 is 0 Å². The van der Waals surface area contributed by atoms with Crippen molar-refractivity contribution in [2.75, 3.05) is 11.9 Å². The third kappa shape index (κ3) is 3.24. The van der Waals surface area contributed by atoms with Crippen LogP contribution in [0.25, 0.3) is 0 Å². The normalized spacial score (nSPS) is 26.8. The van der Waals surface area contributed by atoms with E-state index >= 15 is 0 Å². The maximum absolute atomic E-state index is 13.9. The number of aryl methyl sites for hydroxylation is 1. The summed E-state index contributed by atoms with van der Waals surface area (Å²) in [6, 6.07) is 25.2. The van der Waals surface area contributed by atoms with Gasteiger partial charge in [0.05, 0.1) is 11.8 Å². The number of amides is 3. The molecule has 0 aromatic heterocycles. The van der Waals surface area contributed by atoms with E-state index in [2.05, 4.69) is 10.6 Å². The van der Waals surface area contributed by atoms with Gasteiger partial charge in [-0.3, -0.25) is 24.6 Å². The lowest BCUT2D eigenvalue weighted by molar-refractivity contribution is -0.142. The number of benzene rings is 3. The summed E-state index contributed by atoms with van der Waals surface area (Å²) < 4.78 is 0. The standard InChI is InChI=1S/C29H27N3O3/c1-18-9-8-14-21-25(18)30-28(35)29(21)24-23(22(31-29)17-20-12-6-3-7-13-20)26(33)32(27(24)34)16-15-19-10-4-2-5-11-19/h2-14,22-24,31H,15-17H2,1H3,(H,30,35)/t22-,23-,24-,29-/m1/s1. The van der Waals surface area contributed by atoms with Crippen molar-refractivity contribution in [2.24, 2.45) is 11.8 Å². The number of rotatable bonds is 5. The molecule has 6 rings (SSSR count). The molecule has 3 heterocycles. The monoisotopic (exact) mass is 465 g/mol. The minimum absolute atomic E-state index is 0.185. The van der Waals surface area contributed by atoms with Gasteiger partial charge in [-0.15, -0.1) is 0 Å². The molecule has 6 heteroatoms. The average molecular weight is 466 g/mol. The highest BCUT2D eigenvalue weighted by molar-refractivity contribution is 6.15. The summed E-state index contributed by atoms with van der Waals surface area (Å²) in [5.74, 6) is -2.07. The highest BCUT2D eigenvalue weighted by Gasteiger charge is 2.70. The van der Waals surface area contributed by atoms with E-state index in [9.17, 15) is 14.4 Å². The van der Waals surface area contributed by atoms with Crippen molar-refractivity contribution in [3.63, 3.8) is 0 Å². The van der Waals surface area contributed by atoms with Crippen LogP contribution in [0.5, 0.6) is 0 Å². The van der Waals surface area contributed by atoms with Gasteiger partial charge in [-0.1, -0.05) is 78.9 Å². The molecule has 0 saturated carbocycles. The first-order valence-corrected chi connectivity index (χ1v) is 12.1. The van der Waals surface area contributed by atoms with E-state index in [4.69, 9.17) is 0 Å². The highest BCUT2D eigenvalue weighted by atomic mass is 16.2. The molecule has 0 bridgehead atoms. The molecule has 0 aliphatic carbocycles. The Bertz CT molecular complexity index is 1320. The second-order valence-corrected chi connectivity index (χ2v) is 9.77. The van der Waals surface area contributed by atoms with Crippen molar-refractivity contribution in [3.05, 3.63) is 101 Å². The molecule has 3 aromatic carbocycles. The molecule has 3 aliphatic heterocycles. The minimum atomic E-state index is -1.25. The molecule has 6 nitrogen and oxygen atoms in total. The highest BCUT2D eigenvalue weighted by Crippen LogP contribution is 2.53. The summed E-state index contributed by atoms with van der Waals surface area (Å²) in [7, 11) is 0. The second-order valence-electron chi connectivity index (χ2n) is 9.77. The van der Waals surface area contributed by atoms with Crippen molar-refractivity contribution in [1.29, 1.82) is 0 Å². The van der Waals surface area contributed by atoms with Crippen LogP contribution in [-0.4, -0.2) is 35.2 Å². The number of nitrogens with zero attached hydrogens (tertiary/aromatic N) is 1. The molecule has 3 aromatic rings. The lowest BCUT2D eigenvalue weighted by atomic mass is 9.76. The zero-order valence-corrected chi connectivity index (χ0v) is 19.5. The van der Waals surface area contributed by atoms with Crippen LogP contribution in [0.4, 0.5) is 5.69 Å². The predicted octanol–water partition coefficient (Wildman–Crippen LogP) is 3.20. The molecular weight excluding hydrogens is 438 g/mol. The molecular formula is C29H27N3O3. The Morgan fingerprint density at radius 1 is 0.829 bits per heavy atom. The lowest BCUT2D eigenvalue weighted by Gasteiger charge is -2.29. The summed E-state index contributed by atoms with van der Waals surface area (Å²) in [4.78, 5) is 42.7. The summed E-state index contributed by atoms with van der Waals surface area (Å²) >= 11 is 0. The largest absolute Gasteiger partial charge is 0.324 e. The average Bonchev–Trinajstić information content (AvgIpc) is 3.45. The molecule has 2 saturated heterocycles. The number of likely N-dealkylation sites (tertiary alicyclic amines) is 1. The van der Waals surface area contributed by atoms with Gasteiger partial charge in [0.25, 0.3) is 0 Å². The van der Waals surface area contributed by atoms with Crippen molar-refractivity contribution >= 4 is 23.4 Å². The quantitative estimate of drug-likeness (QED) is 0.568. The first kappa shape index (κ1) is 21.7. The van der Waals surface area contributed by atoms with Crippen LogP contribution in [0.1, 0.15) is 22.3 Å². The zero-order chi connectivity index (χ0) is 24.2. The number of nitrogens with one attached hydrogen (secondary N) is 2. The number of hydrogen-bond acceptors (Lipinski definition) is 4. The molecule has 0 unspecified atom stereocenters. The van der Waals surface area contributed by atoms with Gasteiger partial charge in [0, 0.05) is 23.8 Å². The molecule has 2 fully saturated rings. The number of imide groups is 1. The predicted molar refractivity (Wildman–Crippen MR) is 132 cm³/mol. The third-order valence-corrected chi connectivity index (χ3v) is 7.82. The van der Waals surface area contributed by atoms with Gasteiger partial charge in [0.1, 0.15) is 5.54 Å². The van der Waals surface area contributed by atoms with Gasteiger partial charge in [0.15, 0.2) is 0 Å². The Morgan fingerprint density at radius 2 is 1.51 bits per heavy atom. The molecule has 0 radical (unpaired) electrons. The Hall–Kier alpha value is -3.77. The molecule has 35 heavy (non-hydrogen) atoms. The van der Waals surface area contributed by atoms with Crippen molar-refractivity contribution in [2.45, 2.75) is 31.3 Å². The molecule has 3 amide bonds. The maximum atomic E-state index is 13.9. The molecule has 1 spiro atoms. The summed E-state index contributed by atoms with van der Waals surface area (Å²) in [6.45, 7) is 2.25. The molecule has 3 aliphatic rings. The van der Waals surface area contributed by atoms with E-state index in [-0.39, 0.29) is 23.8 Å². The van der Waals surface area contributed by atoms with E-state index in [0.717, 1.165) is 27.9 Å². The number of carbonyl (C=O) groups is 3. The smallest absolute Gasteiger partial charge is 0.250 e. The number of para-hydroxylation sites is 1. The fourth-order valence-corrected chi connectivity index (χ4v) is 6.18. The van der Waals surface area contributed by atoms with E-state index in [0.29, 0.717) is 19.4 Å². The van der Waals surface area contributed by atoms with Crippen LogP contribution in [0, 0.1) is 18.8 Å². The first-order valence-electron chi connectivity index (χ1n) is 12.1. The Labute approximate surface area is 204 Å². The van der Waals surface area contributed by atoms with E-state index < -0.39 is 17.4 Å². The summed E-state index contributed by atoms with van der Waals surface area (Å²) in [6.07, 6.45) is 1.15. The van der Waals surface area contributed by atoms with Crippen molar-refractivity contribution in [3.8, 4) is 0 Å². The molecule has 2 N–H and O–H groups in total. The summed E-state index contributed by atoms with van der Waals surface area (Å²) in [5, 5.41) is 6.54. The van der Waals surface area contributed by atoms with Crippen molar-refractivity contribution in [1.82, 2.24) is 10.2 Å². The number of fused-ring (bicyclic) bond motifs is 4. The van der Waals surface area contributed by atoms with Crippen LogP contribution < -0.4 is 10.6 Å². The molecule has 4 atom stereocenters. The number of hydrogen-bond donors (Lipinski definition) is 2. The van der Waals surface area contributed by atoms with Crippen molar-refractivity contribution < 1.29 is 14.4 Å². The fourth-order valence-electron chi connectivity index (χ4n) is 6.18. The van der Waals surface area contributed by atoms with Crippen LogP contribution in [0.3, 0.4) is 0 Å². The van der Waals surface area contributed by atoms with Crippen LogP contribution in [0.2, 0.25) is 0 Å². The van der Waals surface area contributed by atoms with Gasteiger partial charge in [-0.05, 0) is 36.5 Å². The van der Waals surface area contributed by atoms with Gasteiger partial charge in [0.2, 0.25) is 17.7 Å². The lowest BCUT2D eigenvalue weighted by Crippen LogP contribution is -2.53. The topological polar surface area (TPSA) is 78.5 Å². The zero-order valence-electron chi connectivity index (χ0n) is 19.5. The Kier molecular flexibility index (Phi) is 5.07. The second kappa shape index (κ2) is 8.17. The maximum Gasteiger partial charge on any atom is 0.250 e. The van der Waals surface area contributed by atoms with E-state index in [1.165, 1.54) is 4.90 Å². The first-order chi connectivity index (χ1) is 17.0.